The van der Waals surface area contributed by atoms with Crippen LogP contribution in [0.25, 0.3) is 10.9 Å². The van der Waals surface area contributed by atoms with Crippen LogP contribution in [0.5, 0.6) is 0 Å². The van der Waals surface area contributed by atoms with Gasteiger partial charge in [-0.3, -0.25) is 0 Å². The number of aromatic nitrogens is 2. The summed E-state index contributed by atoms with van der Waals surface area (Å²) < 4.78 is 0. The lowest BCUT2D eigenvalue weighted by molar-refractivity contribution is 0.144. The molecule has 1 fully saturated rings. The summed E-state index contributed by atoms with van der Waals surface area (Å²) in [6, 6.07) is 8.05. The Morgan fingerprint density at radius 1 is 1.05 bits per heavy atom. The van der Waals surface area contributed by atoms with E-state index in [0.717, 1.165) is 42.4 Å². The van der Waals surface area contributed by atoms with Crippen molar-refractivity contribution in [3.63, 3.8) is 0 Å². The van der Waals surface area contributed by atoms with E-state index in [1.54, 1.807) is 6.33 Å². The van der Waals surface area contributed by atoms with Crippen LogP contribution in [-0.4, -0.2) is 27.2 Å². The Bertz CT molecular complexity index is 553. The highest BCUT2D eigenvalue weighted by molar-refractivity contribution is 5.88. The molecule has 1 saturated carbocycles. The standard InChI is InChI=1S/C15H19N3O/c19-14-9-3-1-2-8-13(14)18-15-11-6-4-5-7-12(11)16-10-17-15/h4-7,10,13-14,19H,1-3,8-9H2,(H,16,17,18). The Morgan fingerprint density at radius 2 is 1.89 bits per heavy atom. The number of aliphatic hydroxyl groups is 1. The number of anilines is 1. The van der Waals surface area contributed by atoms with Crippen LogP contribution in [0.4, 0.5) is 5.82 Å². The van der Waals surface area contributed by atoms with Gasteiger partial charge >= 0.3 is 0 Å². The van der Waals surface area contributed by atoms with Crippen LogP contribution in [0, 0.1) is 0 Å². The molecule has 0 aliphatic heterocycles. The predicted molar refractivity (Wildman–Crippen MR) is 76.0 cm³/mol. The zero-order valence-corrected chi connectivity index (χ0v) is 10.9. The van der Waals surface area contributed by atoms with E-state index in [4.69, 9.17) is 0 Å². The molecule has 4 nitrogen and oxygen atoms in total. The predicted octanol–water partition coefficient (Wildman–Crippen LogP) is 2.74. The van der Waals surface area contributed by atoms with Crippen molar-refractivity contribution in [1.29, 1.82) is 0 Å². The summed E-state index contributed by atoms with van der Waals surface area (Å²) in [5.41, 5.74) is 0.933. The second kappa shape index (κ2) is 5.53. The average Bonchev–Trinajstić information content (AvgIpc) is 2.65. The summed E-state index contributed by atoms with van der Waals surface area (Å²) in [5, 5.41) is 14.6. The zero-order chi connectivity index (χ0) is 13.1. The Kier molecular flexibility index (Phi) is 3.60. The summed E-state index contributed by atoms with van der Waals surface area (Å²) in [6.45, 7) is 0. The maximum atomic E-state index is 10.2. The quantitative estimate of drug-likeness (QED) is 0.812. The fourth-order valence-electron chi connectivity index (χ4n) is 2.75. The van der Waals surface area contributed by atoms with Crippen molar-refractivity contribution < 1.29 is 5.11 Å². The van der Waals surface area contributed by atoms with Gasteiger partial charge in [-0.2, -0.15) is 0 Å². The van der Waals surface area contributed by atoms with Gasteiger partial charge in [-0.25, -0.2) is 9.97 Å². The number of hydrogen-bond acceptors (Lipinski definition) is 4. The molecule has 0 amide bonds. The highest BCUT2D eigenvalue weighted by Gasteiger charge is 2.22. The fraction of sp³-hybridized carbons (Fsp3) is 0.467. The molecule has 4 heteroatoms. The van der Waals surface area contributed by atoms with Crippen LogP contribution in [0.1, 0.15) is 32.1 Å². The number of fused-ring (bicyclic) bond motifs is 1. The average molecular weight is 257 g/mol. The molecule has 100 valence electrons. The molecular weight excluding hydrogens is 238 g/mol. The maximum absolute atomic E-state index is 10.2. The first-order chi connectivity index (χ1) is 9.34. The van der Waals surface area contributed by atoms with Crippen molar-refractivity contribution in [3.8, 4) is 0 Å². The molecule has 2 unspecified atom stereocenters. The topological polar surface area (TPSA) is 58.0 Å². The Hall–Kier alpha value is -1.68. The van der Waals surface area contributed by atoms with Gasteiger partial charge < -0.3 is 10.4 Å². The Labute approximate surface area is 112 Å². The van der Waals surface area contributed by atoms with Crippen LogP contribution < -0.4 is 5.32 Å². The number of benzene rings is 1. The molecule has 0 saturated heterocycles. The molecule has 0 spiro atoms. The van der Waals surface area contributed by atoms with Crippen molar-refractivity contribution in [1.82, 2.24) is 9.97 Å². The molecule has 1 aliphatic rings. The smallest absolute Gasteiger partial charge is 0.137 e. The van der Waals surface area contributed by atoms with E-state index < -0.39 is 0 Å². The third-order valence-electron chi connectivity index (χ3n) is 3.84. The Morgan fingerprint density at radius 3 is 2.84 bits per heavy atom. The highest BCUT2D eigenvalue weighted by Crippen LogP contribution is 2.24. The molecule has 19 heavy (non-hydrogen) atoms. The molecule has 3 rings (SSSR count). The minimum atomic E-state index is -0.281. The van der Waals surface area contributed by atoms with Crippen LogP contribution in [-0.2, 0) is 0 Å². The third-order valence-corrected chi connectivity index (χ3v) is 3.84. The number of rotatable bonds is 2. The van der Waals surface area contributed by atoms with E-state index in [1.807, 2.05) is 24.3 Å². The van der Waals surface area contributed by atoms with Gasteiger partial charge in [0.15, 0.2) is 0 Å². The lowest BCUT2D eigenvalue weighted by Gasteiger charge is -2.22. The summed E-state index contributed by atoms with van der Waals surface area (Å²) in [7, 11) is 0. The molecule has 2 N–H and O–H groups in total. The molecule has 0 bridgehead atoms. The molecular formula is C15H19N3O. The van der Waals surface area contributed by atoms with Crippen molar-refractivity contribution in [2.45, 2.75) is 44.2 Å². The summed E-state index contributed by atoms with van der Waals surface area (Å²) in [4.78, 5) is 8.59. The molecule has 2 atom stereocenters. The van der Waals surface area contributed by atoms with Crippen LogP contribution in [0.3, 0.4) is 0 Å². The van der Waals surface area contributed by atoms with Gasteiger partial charge in [-0.05, 0) is 25.0 Å². The fourth-order valence-corrected chi connectivity index (χ4v) is 2.75. The first-order valence-electron chi connectivity index (χ1n) is 6.99. The molecule has 2 aromatic rings. The lowest BCUT2D eigenvalue weighted by atomic mass is 10.1. The number of aliphatic hydroxyl groups excluding tert-OH is 1. The van der Waals surface area contributed by atoms with Gasteiger partial charge in [0, 0.05) is 5.39 Å². The highest BCUT2D eigenvalue weighted by atomic mass is 16.3. The normalized spacial score (nSPS) is 24.1. The van der Waals surface area contributed by atoms with Gasteiger partial charge in [0.05, 0.1) is 17.7 Å². The zero-order valence-electron chi connectivity index (χ0n) is 10.9. The van der Waals surface area contributed by atoms with E-state index in [-0.39, 0.29) is 12.1 Å². The number of hydrogen-bond donors (Lipinski definition) is 2. The van der Waals surface area contributed by atoms with Crippen molar-refractivity contribution in [3.05, 3.63) is 30.6 Å². The Balaban J connectivity index is 1.88. The second-order valence-corrected chi connectivity index (χ2v) is 5.20. The summed E-state index contributed by atoms with van der Waals surface area (Å²) in [5.74, 6) is 0.830. The van der Waals surface area contributed by atoms with Gasteiger partial charge in [0.2, 0.25) is 0 Å². The van der Waals surface area contributed by atoms with Gasteiger partial charge in [-0.1, -0.05) is 31.4 Å². The van der Waals surface area contributed by atoms with Crippen molar-refractivity contribution >= 4 is 16.7 Å². The molecule has 1 aromatic heterocycles. The van der Waals surface area contributed by atoms with E-state index >= 15 is 0 Å². The largest absolute Gasteiger partial charge is 0.391 e. The minimum Gasteiger partial charge on any atom is -0.391 e. The molecule has 1 aliphatic carbocycles. The maximum Gasteiger partial charge on any atom is 0.137 e. The van der Waals surface area contributed by atoms with Crippen LogP contribution in [0.15, 0.2) is 30.6 Å². The third kappa shape index (κ3) is 2.68. The number of para-hydroxylation sites is 1. The first kappa shape index (κ1) is 12.4. The molecule has 1 aromatic carbocycles. The van der Waals surface area contributed by atoms with E-state index in [1.165, 1.54) is 6.42 Å². The van der Waals surface area contributed by atoms with Gasteiger partial charge in [-0.15, -0.1) is 0 Å². The number of nitrogens with one attached hydrogen (secondary N) is 1. The summed E-state index contributed by atoms with van der Waals surface area (Å²) >= 11 is 0. The molecule has 1 heterocycles. The molecule has 0 radical (unpaired) electrons. The minimum absolute atomic E-state index is 0.0980. The van der Waals surface area contributed by atoms with E-state index in [0.29, 0.717) is 0 Å². The van der Waals surface area contributed by atoms with E-state index in [9.17, 15) is 5.11 Å². The van der Waals surface area contributed by atoms with Crippen LogP contribution >= 0.6 is 0 Å². The van der Waals surface area contributed by atoms with E-state index in [2.05, 4.69) is 15.3 Å². The van der Waals surface area contributed by atoms with Crippen molar-refractivity contribution in [2.75, 3.05) is 5.32 Å². The number of nitrogens with zero attached hydrogens (tertiary/aromatic N) is 2. The van der Waals surface area contributed by atoms with Crippen molar-refractivity contribution in [2.24, 2.45) is 0 Å². The second-order valence-electron chi connectivity index (χ2n) is 5.20. The van der Waals surface area contributed by atoms with Gasteiger partial charge in [0.25, 0.3) is 0 Å². The van der Waals surface area contributed by atoms with Crippen LogP contribution in [0.2, 0.25) is 0 Å². The first-order valence-corrected chi connectivity index (χ1v) is 6.99. The monoisotopic (exact) mass is 257 g/mol. The van der Waals surface area contributed by atoms with Gasteiger partial charge in [0.1, 0.15) is 12.1 Å². The summed E-state index contributed by atoms with van der Waals surface area (Å²) in [6.07, 6.45) is 6.66. The SMILES string of the molecule is OC1CCCCCC1Nc1ncnc2ccccc12. The lowest BCUT2D eigenvalue weighted by Crippen LogP contribution is -2.32.